The average Bonchev–Trinajstić information content (AvgIpc) is 3.29. The Kier molecular flexibility index (Phi) is 5.60. The lowest BCUT2D eigenvalue weighted by Gasteiger charge is -2.30. The Bertz CT molecular complexity index is 414. The van der Waals surface area contributed by atoms with Crippen LogP contribution in [0.3, 0.4) is 0 Å². The number of hydrogen-bond acceptors (Lipinski definition) is 3. The van der Waals surface area contributed by atoms with E-state index in [0.29, 0.717) is 12.6 Å². The van der Waals surface area contributed by atoms with Crippen LogP contribution in [0, 0.1) is 0 Å². The van der Waals surface area contributed by atoms with Crippen molar-refractivity contribution in [1.82, 2.24) is 4.90 Å². The Hall–Kier alpha value is -1.35. The molecule has 0 spiro atoms. The van der Waals surface area contributed by atoms with E-state index >= 15 is 0 Å². The van der Waals surface area contributed by atoms with Gasteiger partial charge in [-0.25, -0.2) is 4.79 Å². The van der Waals surface area contributed by atoms with E-state index in [1.165, 1.54) is 12.8 Å². The monoisotopic (exact) mass is 275 g/mol. The van der Waals surface area contributed by atoms with Gasteiger partial charge in [-0.1, -0.05) is 43.7 Å². The molecule has 1 aliphatic carbocycles. The van der Waals surface area contributed by atoms with Crippen LogP contribution in [0.25, 0.3) is 0 Å². The minimum atomic E-state index is -0.241. The van der Waals surface area contributed by atoms with E-state index in [1.54, 1.807) is 0 Å². The molecule has 20 heavy (non-hydrogen) atoms. The highest BCUT2D eigenvalue weighted by Crippen LogP contribution is 2.35. The SMILES string of the molecule is CCCCN(C1CC1)C(C(=O)OCC)c1ccccc1. The summed E-state index contributed by atoms with van der Waals surface area (Å²) in [5, 5.41) is 0. The standard InChI is InChI=1S/C17H25NO2/c1-3-5-13-18(15-11-12-15)16(17(19)20-4-2)14-9-7-6-8-10-14/h6-10,15-16H,3-5,11-13H2,1-2H3. The second-order valence-corrected chi connectivity index (χ2v) is 5.39. The van der Waals surface area contributed by atoms with Crippen LogP contribution < -0.4 is 0 Å². The second kappa shape index (κ2) is 7.44. The maximum atomic E-state index is 12.4. The first-order valence-corrected chi connectivity index (χ1v) is 7.75. The molecule has 2 rings (SSSR count). The molecule has 0 aromatic heterocycles. The van der Waals surface area contributed by atoms with Crippen LogP contribution in [-0.2, 0) is 9.53 Å². The Balaban J connectivity index is 2.21. The van der Waals surface area contributed by atoms with Gasteiger partial charge in [0.25, 0.3) is 0 Å². The summed E-state index contributed by atoms with van der Waals surface area (Å²) in [6.07, 6.45) is 4.67. The predicted octanol–water partition coefficient (Wildman–Crippen LogP) is 3.56. The minimum Gasteiger partial charge on any atom is -0.465 e. The number of benzene rings is 1. The zero-order valence-electron chi connectivity index (χ0n) is 12.5. The van der Waals surface area contributed by atoms with Crippen molar-refractivity contribution in [3.05, 3.63) is 35.9 Å². The van der Waals surface area contributed by atoms with Gasteiger partial charge in [0.15, 0.2) is 0 Å². The highest BCUT2D eigenvalue weighted by Gasteiger charge is 2.38. The van der Waals surface area contributed by atoms with Crippen LogP contribution in [0.5, 0.6) is 0 Å². The van der Waals surface area contributed by atoms with Gasteiger partial charge in [0.05, 0.1) is 6.61 Å². The third-order valence-corrected chi connectivity index (χ3v) is 3.74. The highest BCUT2D eigenvalue weighted by atomic mass is 16.5. The summed E-state index contributed by atoms with van der Waals surface area (Å²) in [5.41, 5.74) is 1.05. The van der Waals surface area contributed by atoms with Crippen molar-refractivity contribution < 1.29 is 9.53 Å². The lowest BCUT2D eigenvalue weighted by Crippen LogP contribution is -2.37. The number of carbonyl (C=O) groups is 1. The first kappa shape index (κ1) is 15.0. The van der Waals surface area contributed by atoms with Crippen molar-refractivity contribution in [2.24, 2.45) is 0 Å². The summed E-state index contributed by atoms with van der Waals surface area (Å²) in [7, 11) is 0. The van der Waals surface area contributed by atoms with Gasteiger partial charge < -0.3 is 4.74 Å². The molecule has 0 N–H and O–H groups in total. The van der Waals surface area contributed by atoms with Crippen molar-refractivity contribution in [1.29, 1.82) is 0 Å². The smallest absolute Gasteiger partial charge is 0.328 e. The molecule has 1 aliphatic rings. The van der Waals surface area contributed by atoms with Gasteiger partial charge in [-0.2, -0.15) is 0 Å². The van der Waals surface area contributed by atoms with E-state index in [9.17, 15) is 4.79 Å². The van der Waals surface area contributed by atoms with Crippen LogP contribution in [0.1, 0.15) is 51.1 Å². The number of esters is 1. The molecular weight excluding hydrogens is 250 g/mol. The average molecular weight is 275 g/mol. The fourth-order valence-electron chi connectivity index (χ4n) is 2.59. The molecule has 0 saturated heterocycles. The Morgan fingerprint density at radius 3 is 2.55 bits per heavy atom. The van der Waals surface area contributed by atoms with Crippen molar-refractivity contribution in [2.75, 3.05) is 13.2 Å². The van der Waals surface area contributed by atoms with Crippen LogP contribution in [0.15, 0.2) is 30.3 Å². The molecule has 0 amide bonds. The Morgan fingerprint density at radius 1 is 1.30 bits per heavy atom. The zero-order chi connectivity index (χ0) is 14.4. The van der Waals surface area contributed by atoms with Crippen molar-refractivity contribution in [2.45, 2.75) is 51.6 Å². The largest absolute Gasteiger partial charge is 0.465 e. The van der Waals surface area contributed by atoms with Crippen molar-refractivity contribution in [3.8, 4) is 0 Å². The molecule has 1 saturated carbocycles. The third kappa shape index (κ3) is 3.83. The Labute approximate surface area is 121 Å². The fraction of sp³-hybridized carbons (Fsp3) is 0.588. The first-order chi connectivity index (χ1) is 9.77. The van der Waals surface area contributed by atoms with Gasteiger partial charge in [0.1, 0.15) is 6.04 Å². The van der Waals surface area contributed by atoms with Crippen molar-refractivity contribution >= 4 is 5.97 Å². The fourth-order valence-corrected chi connectivity index (χ4v) is 2.59. The molecule has 3 nitrogen and oxygen atoms in total. The van der Waals surface area contributed by atoms with E-state index in [1.807, 2.05) is 37.3 Å². The summed E-state index contributed by atoms with van der Waals surface area (Å²) >= 11 is 0. The molecule has 1 atom stereocenters. The zero-order valence-corrected chi connectivity index (χ0v) is 12.5. The molecule has 0 bridgehead atoms. The summed E-state index contributed by atoms with van der Waals surface area (Å²) in [4.78, 5) is 14.8. The van der Waals surface area contributed by atoms with Crippen LogP contribution in [-0.4, -0.2) is 30.1 Å². The summed E-state index contributed by atoms with van der Waals surface area (Å²) in [6.45, 7) is 5.47. The molecule has 1 unspecified atom stereocenters. The number of nitrogens with zero attached hydrogens (tertiary/aromatic N) is 1. The molecule has 0 radical (unpaired) electrons. The van der Waals surface area contributed by atoms with Gasteiger partial charge in [0.2, 0.25) is 0 Å². The van der Waals surface area contributed by atoms with E-state index in [-0.39, 0.29) is 12.0 Å². The van der Waals surface area contributed by atoms with Gasteiger partial charge >= 0.3 is 5.97 Å². The van der Waals surface area contributed by atoms with Crippen LogP contribution >= 0.6 is 0 Å². The highest BCUT2D eigenvalue weighted by molar-refractivity contribution is 5.77. The summed E-state index contributed by atoms with van der Waals surface area (Å²) in [6, 6.07) is 10.3. The topological polar surface area (TPSA) is 29.5 Å². The van der Waals surface area contributed by atoms with Crippen LogP contribution in [0.4, 0.5) is 0 Å². The summed E-state index contributed by atoms with van der Waals surface area (Å²) < 4.78 is 5.32. The van der Waals surface area contributed by atoms with E-state index in [2.05, 4.69) is 11.8 Å². The summed E-state index contributed by atoms with van der Waals surface area (Å²) in [5.74, 6) is -0.110. The normalized spacial score (nSPS) is 16.1. The molecule has 1 aromatic rings. The van der Waals surface area contributed by atoms with Gasteiger partial charge in [0, 0.05) is 6.04 Å². The quantitative estimate of drug-likeness (QED) is 0.679. The second-order valence-electron chi connectivity index (χ2n) is 5.39. The number of hydrogen-bond donors (Lipinski definition) is 0. The molecule has 1 aromatic carbocycles. The lowest BCUT2D eigenvalue weighted by molar-refractivity contribution is -0.150. The van der Waals surface area contributed by atoms with E-state index < -0.39 is 0 Å². The lowest BCUT2D eigenvalue weighted by atomic mass is 10.0. The number of rotatable bonds is 8. The van der Waals surface area contributed by atoms with E-state index in [0.717, 1.165) is 24.9 Å². The number of ether oxygens (including phenoxy) is 1. The Morgan fingerprint density at radius 2 is 2.00 bits per heavy atom. The maximum Gasteiger partial charge on any atom is 0.328 e. The van der Waals surface area contributed by atoms with Gasteiger partial charge in [-0.3, -0.25) is 4.90 Å². The number of carbonyl (C=O) groups excluding carboxylic acids is 1. The first-order valence-electron chi connectivity index (χ1n) is 7.75. The number of unbranched alkanes of at least 4 members (excludes halogenated alkanes) is 1. The minimum absolute atomic E-state index is 0.110. The maximum absolute atomic E-state index is 12.4. The predicted molar refractivity (Wildman–Crippen MR) is 80.5 cm³/mol. The van der Waals surface area contributed by atoms with Crippen LogP contribution in [0.2, 0.25) is 0 Å². The molecular formula is C17H25NO2. The molecule has 0 aliphatic heterocycles. The molecule has 1 fully saturated rings. The van der Waals surface area contributed by atoms with E-state index in [4.69, 9.17) is 4.74 Å². The van der Waals surface area contributed by atoms with Crippen molar-refractivity contribution in [3.63, 3.8) is 0 Å². The molecule has 3 heteroatoms. The molecule has 0 heterocycles. The van der Waals surface area contributed by atoms with Gasteiger partial charge in [-0.05, 0) is 38.3 Å². The molecule has 110 valence electrons. The third-order valence-electron chi connectivity index (χ3n) is 3.74. The van der Waals surface area contributed by atoms with Gasteiger partial charge in [-0.15, -0.1) is 0 Å².